The number of amides is 2. The van der Waals surface area contributed by atoms with Crippen LogP contribution in [-0.2, 0) is 26.2 Å². The van der Waals surface area contributed by atoms with E-state index in [9.17, 15) is 18.0 Å². The molecule has 0 bridgehead atoms. The Morgan fingerprint density at radius 3 is 2.05 bits per heavy atom. The molecule has 1 N–H and O–H groups in total. The van der Waals surface area contributed by atoms with Gasteiger partial charge in [0, 0.05) is 17.6 Å². The average molecular weight is 615 g/mol. The molecule has 0 aliphatic rings. The van der Waals surface area contributed by atoms with Gasteiger partial charge in [0.05, 0.1) is 10.6 Å². The Balaban J connectivity index is 2.01. The summed E-state index contributed by atoms with van der Waals surface area (Å²) in [5.41, 5.74) is 3.17. The van der Waals surface area contributed by atoms with Crippen LogP contribution in [0.1, 0.15) is 37.5 Å². The van der Waals surface area contributed by atoms with Crippen LogP contribution in [0.2, 0.25) is 0 Å². The van der Waals surface area contributed by atoms with E-state index in [1.54, 1.807) is 43.3 Å². The molecule has 3 rings (SSSR count). The quantitative estimate of drug-likeness (QED) is 0.311. The van der Waals surface area contributed by atoms with Crippen LogP contribution in [0.4, 0.5) is 5.69 Å². The number of halogens is 1. The predicted molar refractivity (Wildman–Crippen MR) is 159 cm³/mol. The fraction of sp³-hybridized carbons (Fsp3) is 0.333. The van der Waals surface area contributed by atoms with Gasteiger partial charge in [-0.05, 0) is 62.6 Å². The van der Waals surface area contributed by atoms with Gasteiger partial charge in [-0.2, -0.15) is 0 Å². The van der Waals surface area contributed by atoms with Crippen molar-refractivity contribution in [3.63, 3.8) is 0 Å². The van der Waals surface area contributed by atoms with Crippen LogP contribution in [0.5, 0.6) is 0 Å². The summed E-state index contributed by atoms with van der Waals surface area (Å²) in [6, 6.07) is 20.2. The molecule has 9 heteroatoms. The van der Waals surface area contributed by atoms with Crippen molar-refractivity contribution < 1.29 is 18.0 Å². The number of nitrogens with one attached hydrogen (secondary N) is 1. The van der Waals surface area contributed by atoms with Gasteiger partial charge >= 0.3 is 0 Å². The summed E-state index contributed by atoms with van der Waals surface area (Å²) >= 11 is 3.41. The molecule has 3 aromatic carbocycles. The highest BCUT2D eigenvalue weighted by Gasteiger charge is 2.32. The fourth-order valence-corrected chi connectivity index (χ4v) is 5.72. The van der Waals surface area contributed by atoms with Gasteiger partial charge in [-0.15, -0.1) is 0 Å². The topological polar surface area (TPSA) is 86.8 Å². The molecule has 3 aromatic rings. The maximum Gasteiger partial charge on any atom is 0.264 e. The van der Waals surface area contributed by atoms with Crippen molar-refractivity contribution in [2.75, 3.05) is 17.4 Å². The molecule has 0 unspecified atom stereocenters. The number of carbonyl (C=O) groups is 2. The van der Waals surface area contributed by atoms with Crippen molar-refractivity contribution in [3.05, 3.63) is 94.0 Å². The van der Waals surface area contributed by atoms with Crippen molar-refractivity contribution in [1.29, 1.82) is 0 Å². The fourth-order valence-electron chi connectivity index (χ4n) is 3.92. The lowest BCUT2D eigenvalue weighted by Crippen LogP contribution is -2.51. The monoisotopic (exact) mass is 613 g/mol. The third kappa shape index (κ3) is 8.16. The number of carbonyl (C=O) groups excluding carboxylic acids is 2. The average Bonchev–Trinajstić information content (AvgIpc) is 2.89. The smallest absolute Gasteiger partial charge is 0.264 e. The first-order chi connectivity index (χ1) is 18.4. The standard InChI is InChI=1S/C30H36BrN3O4S/c1-21(2)18-32-30(36)24(5)33(19-25-13-9-22(3)10-14-25)29(35)20-34(27-8-6-7-26(31)17-27)39(37,38)28-15-11-23(4)12-16-28/h6-17,21,24H,18-20H2,1-5H3,(H,32,36)/t24-/m0/s1. The lowest BCUT2D eigenvalue weighted by molar-refractivity contribution is -0.139. The Bertz CT molecular complexity index is 1390. The Labute approximate surface area is 240 Å². The van der Waals surface area contributed by atoms with E-state index in [0.29, 0.717) is 16.7 Å². The normalized spacial score (nSPS) is 12.2. The highest BCUT2D eigenvalue weighted by molar-refractivity contribution is 9.10. The number of rotatable bonds is 11. The molecule has 0 spiro atoms. The molecule has 0 saturated heterocycles. The highest BCUT2D eigenvalue weighted by Crippen LogP contribution is 2.27. The van der Waals surface area contributed by atoms with Crippen LogP contribution in [0.25, 0.3) is 0 Å². The summed E-state index contributed by atoms with van der Waals surface area (Å²) < 4.78 is 29.5. The minimum Gasteiger partial charge on any atom is -0.354 e. The first-order valence-electron chi connectivity index (χ1n) is 12.9. The van der Waals surface area contributed by atoms with Gasteiger partial charge in [0.25, 0.3) is 10.0 Å². The van der Waals surface area contributed by atoms with E-state index in [0.717, 1.165) is 21.0 Å². The van der Waals surface area contributed by atoms with Crippen LogP contribution < -0.4 is 9.62 Å². The van der Waals surface area contributed by atoms with Crippen LogP contribution in [0, 0.1) is 19.8 Å². The minimum atomic E-state index is -4.10. The number of aryl methyl sites for hydroxylation is 2. The summed E-state index contributed by atoms with van der Waals surface area (Å²) in [7, 11) is -4.10. The highest BCUT2D eigenvalue weighted by atomic mass is 79.9. The number of anilines is 1. The largest absolute Gasteiger partial charge is 0.354 e. The lowest BCUT2D eigenvalue weighted by atomic mass is 10.1. The van der Waals surface area contributed by atoms with Crippen molar-refractivity contribution in [2.24, 2.45) is 5.92 Å². The number of hydrogen-bond acceptors (Lipinski definition) is 4. The maximum atomic E-state index is 13.9. The summed E-state index contributed by atoms with van der Waals surface area (Å²) in [5.74, 6) is -0.535. The van der Waals surface area contributed by atoms with E-state index < -0.39 is 28.5 Å². The zero-order valence-electron chi connectivity index (χ0n) is 23.0. The summed E-state index contributed by atoms with van der Waals surface area (Å²) in [5, 5.41) is 2.90. The molecule has 0 saturated carbocycles. The molecular weight excluding hydrogens is 578 g/mol. The molecule has 0 radical (unpaired) electrons. The summed E-state index contributed by atoms with van der Waals surface area (Å²) in [4.78, 5) is 28.5. The first kappa shape index (κ1) is 30.4. The third-order valence-corrected chi connectivity index (χ3v) is 8.59. The lowest BCUT2D eigenvalue weighted by Gasteiger charge is -2.32. The van der Waals surface area contributed by atoms with E-state index in [-0.39, 0.29) is 23.3 Å². The SMILES string of the molecule is Cc1ccc(CN(C(=O)CN(c2cccc(Br)c2)S(=O)(=O)c2ccc(C)cc2)[C@@H](C)C(=O)NCC(C)C)cc1. The number of benzene rings is 3. The second-order valence-corrected chi connectivity index (χ2v) is 12.9. The second kappa shape index (κ2) is 13.3. The second-order valence-electron chi connectivity index (χ2n) is 10.1. The first-order valence-corrected chi connectivity index (χ1v) is 15.1. The van der Waals surface area contributed by atoms with Gasteiger partial charge in [-0.1, -0.05) is 83.4 Å². The van der Waals surface area contributed by atoms with E-state index in [4.69, 9.17) is 0 Å². The number of hydrogen-bond donors (Lipinski definition) is 1. The van der Waals surface area contributed by atoms with E-state index in [2.05, 4.69) is 21.2 Å². The zero-order chi connectivity index (χ0) is 28.7. The Morgan fingerprint density at radius 1 is 0.897 bits per heavy atom. The molecule has 0 heterocycles. The van der Waals surface area contributed by atoms with Crippen molar-refractivity contribution in [3.8, 4) is 0 Å². The molecule has 39 heavy (non-hydrogen) atoms. The minimum absolute atomic E-state index is 0.0775. The molecule has 0 fully saturated rings. The van der Waals surface area contributed by atoms with Crippen LogP contribution >= 0.6 is 15.9 Å². The molecule has 2 amide bonds. The van der Waals surface area contributed by atoms with E-state index >= 15 is 0 Å². The maximum absolute atomic E-state index is 13.9. The molecule has 1 atom stereocenters. The molecule has 7 nitrogen and oxygen atoms in total. The van der Waals surface area contributed by atoms with Crippen molar-refractivity contribution in [2.45, 2.75) is 52.1 Å². The summed E-state index contributed by atoms with van der Waals surface area (Å²) in [6.45, 7) is 9.66. The van der Waals surface area contributed by atoms with Gasteiger partial charge in [0.2, 0.25) is 11.8 Å². The predicted octanol–water partition coefficient (Wildman–Crippen LogP) is 5.45. The molecule has 208 valence electrons. The van der Waals surface area contributed by atoms with Crippen molar-refractivity contribution in [1.82, 2.24) is 10.2 Å². The van der Waals surface area contributed by atoms with Gasteiger partial charge in [0.1, 0.15) is 12.6 Å². The Kier molecular flexibility index (Phi) is 10.3. The number of nitrogens with zero attached hydrogens (tertiary/aromatic N) is 2. The Morgan fingerprint density at radius 2 is 1.49 bits per heavy atom. The van der Waals surface area contributed by atoms with Crippen LogP contribution in [0.3, 0.4) is 0 Å². The Hall–Kier alpha value is -3.17. The third-order valence-electron chi connectivity index (χ3n) is 6.31. The molecule has 0 aliphatic carbocycles. The molecule has 0 aliphatic heterocycles. The molecule has 0 aromatic heterocycles. The number of sulfonamides is 1. The summed E-state index contributed by atoms with van der Waals surface area (Å²) in [6.07, 6.45) is 0. The van der Waals surface area contributed by atoms with E-state index in [1.165, 1.54) is 17.0 Å². The van der Waals surface area contributed by atoms with Crippen LogP contribution in [-0.4, -0.2) is 44.3 Å². The van der Waals surface area contributed by atoms with Gasteiger partial charge < -0.3 is 10.2 Å². The van der Waals surface area contributed by atoms with Gasteiger partial charge in [0.15, 0.2) is 0 Å². The van der Waals surface area contributed by atoms with Crippen LogP contribution in [0.15, 0.2) is 82.2 Å². The van der Waals surface area contributed by atoms with Gasteiger partial charge in [-0.3, -0.25) is 13.9 Å². The zero-order valence-corrected chi connectivity index (χ0v) is 25.4. The van der Waals surface area contributed by atoms with Crippen molar-refractivity contribution >= 4 is 43.5 Å². The van der Waals surface area contributed by atoms with Gasteiger partial charge in [-0.25, -0.2) is 8.42 Å². The van der Waals surface area contributed by atoms with E-state index in [1.807, 2.05) is 52.0 Å². The molecular formula is C30H36BrN3O4S.